The third kappa shape index (κ3) is 3.87. The number of aliphatic hydroxyl groups excluding tert-OH is 1. The van der Waals surface area contributed by atoms with Gasteiger partial charge in [0.05, 0.1) is 30.6 Å². The predicted octanol–water partition coefficient (Wildman–Crippen LogP) is 2.85. The molecule has 0 aromatic heterocycles. The van der Waals surface area contributed by atoms with Gasteiger partial charge in [-0.25, -0.2) is 0 Å². The first-order valence-electron chi connectivity index (χ1n) is 13.1. The van der Waals surface area contributed by atoms with Crippen molar-refractivity contribution in [2.45, 2.75) is 50.1 Å². The number of rotatable bonds is 7. The van der Waals surface area contributed by atoms with Crippen molar-refractivity contribution < 1.29 is 24.2 Å². The summed E-state index contributed by atoms with van der Waals surface area (Å²) in [5.74, 6) is -2.40. The summed E-state index contributed by atoms with van der Waals surface area (Å²) in [5.41, 5.74) is 0.462. The number of hydrogen-bond donors (Lipinski definition) is 3. The molecular weight excluding hydrogens is 482 g/mol. The van der Waals surface area contributed by atoms with Crippen LogP contribution in [-0.4, -0.2) is 58.1 Å². The average Bonchev–Trinajstić information content (AvgIpc) is 3.59. The highest BCUT2D eigenvalue weighted by Crippen LogP contribution is 2.58. The fourth-order valence-electron chi connectivity index (χ4n) is 6.63. The van der Waals surface area contributed by atoms with Gasteiger partial charge in [-0.1, -0.05) is 60.7 Å². The second-order valence-corrected chi connectivity index (χ2v) is 10.6. The van der Waals surface area contributed by atoms with Crippen molar-refractivity contribution in [3.05, 3.63) is 78.4 Å². The van der Waals surface area contributed by atoms with Crippen molar-refractivity contribution in [1.29, 1.82) is 0 Å². The molecule has 3 heterocycles. The van der Waals surface area contributed by atoms with Gasteiger partial charge in [-0.3, -0.25) is 14.4 Å². The van der Waals surface area contributed by atoms with E-state index in [0.29, 0.717) is 25.1 Å². The van der Waals surface area contributed by atoms with E-state index in [1.165, 1.54) is 4.90 Å². The maximum Gasteiger partial charge on any atom is 0.250 e. The number of fused-ring (bicyclic) bond motifs is 2. The number of benzene rings is 3. The van der Waals surface area contributed by atoms with Gasteiger partial charge < -0.3 is 25.4 Å². The molecule has 3 aromatic rings. The minimum atomic E-state index is -1.11. The molecule has 3 saturated heterocycles. The van der Waals surface area contributed by atoms with Crippen LogP contribution in [0.15, 0.2) is 72.8 Å². The molecule has 0 radical (unpaired) electrons. The van der Waals surface area contributed by atoms with Crippen LogP contribution >= 0.6 is 0 Å². The second-order valence-electron chi connectivity index (χ2n) is 10.6. The molecule has 1 spiro atoms. The normalized spacial score (nSPS) is 28.4. The Hall–Kier alpha value is -3.75. The van der Waals surface area contributed by atoms with Gasteiger partial charge in [-0.15, -0.1) is 0 Å². The van der Waals surface area contributed by atoms with Crippen LogP contribution in [0.2, 0.25) is 0 Å². The molecule has 8 heteroatoms. The van der Waals surface area contributed by atoms with Crippen molar-refractivity contribution in [3.63, 3.8) is 0 Å². The van der Waals surface area contributed by atoms with Crippen molar-refractivity contribution in [3.8, 4) is 0 Å². The molecule has 3 aliphatic heterocycles. The largest absolute Gasteiger partial charge is 0.394 e. The molecule has 3 amide bonds. The molecule has 6 atom stereocenters. The van der Waals surface area contributed by atoms with E-state index in [-0.39, 0.29) is 24.3 Å². The van der Waals surface area contributed by atoms with Crippen molar-refractivity contribution in [2.75, 3.05) is 11.9 Å². The highest BCUT2D eigenvalue weighted by atomic mass is 16.5. The molecule has 3 aliphatic rings. The van der Waals surface area contributed by atoms with E-state index < -0.39 is 35.6 Å². The number of hydrogen-bond acceptors (Lipinski definition) is 5. The maximum atomic E-state index is 13.9. The number of likely N-dealkylation sites (tertiary alicyclic amines) is 1. The molecule has 0 saturated carbocycles. The molecule has 3 N–H and O–H groups in total. The molecule has 38 heavy (non-hydrogen) atoms. The van der Waals surface area contributed by atoms with E-state index in [4.69, 9.17) is 4.74 Å². The summed E-state index contributed by atoms with van der Waals surface area (Å²) in [6.07, 6.45) is 0.664. The third-order valence-electron chi connectivity index (χ3n) is 8.35. The number of ether oxygens (including phenoxy) is 1. The van der Waals surface area contributed by atoms with E-state index in [2.05, 4.69) is 10.6 Å². The molecule has 0 aliphatic carbocycles. The Labute approximate surface area is 221 Å². The first-order valence-corrected chi connectivity index (χ1v) is 13.1. The third-order valence-corrected chi connectivity index (χ3v) is 8.35. The number of amides is 3. The first kappa shape index (κ1) is 24.6. The topological polar surface area (TPSA) is 108 Å². The molecule has 6 rings (SSSR count). The summed E-state index contributed by atoms with van der Waals surface area (Å²) in [5, 5.41) is 18.0. The number of nitrogens with one attached hydrogen (secondary N) is 2. The van der Waals surface area contributed by atoms with E-state index in [1.54, 1.807) is 6.92 Å². The lowest BCUT2D eigenvalue weighted by molar-refractivity contribution is -0.143. The predicted molar refractivity (Wildman–Crippen MR) is 142 cm³/mol. The second kappa shape index (κ2) is 9.53. The molecule has 3 fully saturated rings. The van der Waals surface area contributed by atoms with Crippen LogP contribution < -0.4 is 10.6 Å². The summed E-state index contributed by atoms with van der Waals surface area (Å²) in [4.78, 5) is 42.6. The van der Waals surface area contributed by atoms with Crippen LogP contribution in [0.5, 0.6) is 0 Å². The van der Waals surface area contributed by atoms with Crippen molar-refractivity contribution >= 4 is 34.2 Å². The van der Waals surface area contributed by atoms with Crippen LogP contribution in [0.3, 0.4) is 0 Å². The number of carbonyl (C=O) groups is 3. The minimum absolute atomic E-state index is 0.244. The zero-order valence-corrected chi connectivity index (χ0v) is 21.2. The summed E-state index contributed by atoms with van der Waals surface area (Å²) in [6, 6.07) is 21.5. The zero-order chi connectivity index (χ0) is 26.4. The van der Waals surface area contributed by atoms with Gasteiger partial charge in [-0.2, -0.15) is 0 Å². The highest BCUT2D eigenvalue weighted by Gasteiger charge is 2.74. The Kier molecular flexibility index (Phi) is 6.16. The molecule has 2 bridgehead atoms. The molecular formula is C30H31N3O5. The van der Waals surface area contributed by atoms with E-state index >= 15 is 0 Å². The lowest BCUT2D eigenvalue weighted by Crippen LogP contribution is -2.55. The monoisotopic (exact) mass is 513 g/mol. The maximum absolute atomic E-state index is 13.9. The average molecular weight is 514 g/mol. The van der Waals surface area contributed by atoms with Gasteiger partial charge in [0.15, 0.2) is 0 Å². The lowest BCUT2D eigenvalue weighted by Gasteiger charge is -2.35. The number of nitrogens with zero attached hydrogens (tertiary/aromatic N) is 1. The van der Waals surface area contributed by atoms with Gasteiger partial charge in [0.1, 0.15) is 11.6 Å². The summed E-state index contributed by atoms with van der Waals surface area (Å²) >= 11 is 0. The van der Waals surface area contributed by atoms with Gasteiger partial charge >= 0.3 is 0 Å². The van der Waals surface area contributed by atoms with E-state index in [9.17, 15) is 19.5 Å². The Balaban J connectivity index is 1.29. The fraction of sp³-hybridized carbons (Fsp3) is 0.367. The van der Waals surface area contributed by atoms with Crippen molar-refractivity contribution in [1.82, 2.24) is 10.2 Å². The van der Waals surface area contributed by atoms with Crippen LogP contribution in [0.4, 0.5) is 5.69 Å². The summed E-state index contributed by atoms with van der Waals surface area (Å²) in [6.45, 7) is 1.75. The Morgan fingerprint density at radius 3 is 2.55 bits per heavy atom. The Bertz CT molecular complexity index is 1390. The van der Waals surface area contributed by atoms with Crippen LogP contribution in [-0.2, 0) is 25.7 Å². The number of anilines is 1. The van der Waals surface area contributed by atoms with Gasteiger partial charge in [-0.05, 0) is 48.2 Å². The standard InChI is InChI=1S/C30H31N3O5/c1-18(17-34)33-26(28(36)32-22-12-11-20-9-5-6-10-21(20)15-22)30-14-13-23(38-30)24(25(30)29(33)37)27(35)31-16-19-7-3-2-4-8-19/h2-12,15,18,23-26,34H,13-14,16-17H2,1H3,(H,31,35)(H,32,36)/t18-,23+,24-,25+,26?,30?/m1/s1. The molecule has 196 valence electrons. The van der Waals surface area contributed by atoms with Gasteiger partial charge in [0, 0.05) is 12.2 Å². The molecule has 3 aromatic carbocycles. The smallest absolute Gasteiger partial charge is 0.250 e. The molecule has 2 unspecified atom stereocenters. The quantitative estimate of drug-likeness (QED) is 0.450. The summed E-state index contributed by atoms with van der Waals surface area (Å²) < 4.78 is 6.44. The Morgan fingerprint density at radius 2 is 1.79 bits per heavy atom. The Morgan fingerprint density at radius 1 is 1.05 bits per heavy atom. The van der Waals surface area contributed by atoms with E-state index in [0.717, 1.165) is 16.3 Å². The lowest BCUT2D eigenvalue weighted by atomic mass is 9.70. The molecule has 8 nitrogen and oxygen atoms in total. The van der Waals surface area contributed by atoms with Gasteiger partial charge in [0.2, 0.25) is 17.7 Å². The van der Waals surface area contributed by atoms with Crippen LogP contribution in [0.1, 0.15) is 25.3 Å². The minimum Gasteiger partial charge on any atom is -0.394 e. The highest BCUT2D eigenvalue weighted by molar-refractivity contribution is 6.04. The first-order chi connectivity index (χ1) is 18.4. The van der Waals surface area contributed by atoms with E-state index in [1.807, 2.05) is 72.8 Å². The number of aliphatic hydroxyl groups is 1. The summed E-state index contributed by atoms with van der Waals surface area (Å²) in [7, 11) is 0. The van der Waals surface area contributed by atoms with Crippen LogP contribution in [0.25, 0.3) is 10.8 Å². The van der Waals surface area contributed by atoms with Crippen LogP contribution in [0, 0.1) is 11.8 Å². The zero-order valence-electron chi connectivity index (χ0n) is 21.2. The fourth-order valence-corrected chi connectivity index (χ4v) is 6.63. The van der Waals surface area contributed by atoms with Crippen molar-refractivity contribution in [2.24, 2.45) is 11.8 Å². The number of carbonyl (C=O) groups excluding carboxylic acids is 3. The SMILES string of the molecule is C[C@H](CO)N1C(=O)[C@@H]2[C@H](C(=O)NCc3ccccc3)[C@@H]3CCC2(O3)C1C(=O)Nc1ccc2ccccc2c1. The van der Waals surface area contributed by atoms with Gasteiger partial charge in [0.25, 0.3) is 0 Å².